The van der Waals surface area contributed by atoms with Crippen LogP contribution in [0.15, 0.2) is 59.2 Å². The molecule has 2 aromatic carbocycles. The zero-order chi connectivity index (χ0) is 14.1. The lowest BCUT2D eigenvalue weighted by Gasteiger charge is -2.10. The Bertz CT molecular complexity index is 809. The first-order valence-corrected chi connectivity index (χ1v) is 6.83. The molecule has 3 rings (SSSR count). The van der Waals surface area contributed by atoms with Gasteiger partial charge in [0.15, 0.2) is 0 Å². The quantitative estimate of drug-likeness (QED) is 0.760. The number of hydrogen-bond donors (Lipinski definition) is 1. The highest BCUT2D eigenvalue weighted by atomic mass is 79.9. The summed E-state index contributed by atoms with van der Waals surface area (Å²) in [6.07, 6.45) is 1.73. The second-order valence-electron chi connectivity index (χ2n) is 4.37. The van der Waals surface area contributed by atoms with Crippen LogP contribution >= 0.6 is 15.9 Å². The van der Waals surface area contributed by atoms with E-state index >= 15 is 0 Å². The molecule has 3 aromatic rings. The minimum absolute atomic E-state index is 0.274. The van der Waals surface area contributed by atoms with Gasteiger partial charge in [-0.15, -0.1) is 0 Å². The van der Waals surface area contributed by atoms with Crippen LogP contribution < -0.4 is 0 Å². The third-order valence-electron chi connectivity index (χ3n) is 3.15. The number of carboxylic acids is 1. The molecule has 98 valence electrons. The number of rotatable bonds is 2. The molecule has 0 bridgehead atoms. The molecule has 0 aliphatic rings. The first-order valence-electron chi connectivity index (χ1n) is 6.04. The minimum atomic E-state index is -0.942. The van der Waals surface area contributed by atoms with Crippen LogP contribution in [0.2, 0.25) is 0 Å². The Morgan fingerprint density at radius 3 is 2.70 bits per heavy atom. The summed E-state index contributed by atoms with van der Waals surface area (Å²) in [5, 5.41) is 10.3. The highest BCUT2D eigenvalue weighted by molar-refractivity contribution is 9.10. The van der Waals surface area contributed by atoms with Gasteiger partial charge in [-0.1, -0.05) is 40.2 Å². The highest BCUT2D eigenvalue weighted by Gasteiger charge is 2.14. The van der Waals surface area contributed by atoms with Gasteiger partial charge in [-0.3, -0.25) is 4.98 Å². The van der Waals surface area contributed by atoms with E-state index < -0.39 is 5.97 Å². The van der Waals surface area contributed by atoms with E-state index in [4.69, 9.17) is 0 Å². The number of halogens is 1. The normalized spacial score (nSPS) is 10.7. The molecule has 0 radical (unpaired) electrons. The van der Waals surface area contributed by atoms with E-state index in [-0.39, 0.29) is 5.56 Å². The van der Waals surface area contributed by atoms with Crippen molar-refractivity contribution in [1.29, 1.82) is 0 Å². The summed E-state index contributed by atoms with van der Waals surface area (Å²) in [4.78, 5) is 15.7. The molecule has 0 fully saturated rings. The molecule has 0 aliphatic carbocycles. The van der Waals surface area contributed by atoms with E-state index in [2.05, 4.69) is 20.9 Å². The van der Waals surface area contributed by atoms with Crippen molar-refractivity contribution >= 4 is 32.8 Å². The standard InChI is InChI=1S/C16H10BrNO2/c17-10-6-7-12(14(9-10)16(19)20)11-3-1-5-15-13(11)4-2-8-18-15/h1-9H,(H,19,20). The van der Waals surface area contributed by atoms with Crippen molar-refractivity contribution in [2.75, 3.05) is 0 Å². The molecule has 1 heterocycles. The predicted molar refractivity (Wildman–Crippen MR) is 81.8 cm³/mol. The van der Waals surface area contributed by atoms with E-state index in [9.17, 15) is 9.90 Å². The van der Waals surface area contributed by atoms with Crippen molar-refractivity contribution in [3.63, 3.8) is 0 Å². The fourth-order valence-electron chi connectivity index (χ4n) is 2.27. The monoisotopic (exact) mass is 327 g/mol. The average Bonchev–Trinajstić information content (AvgIpc) is 2.46. The van der Waals surface area contributed by atoms with Gasteiger partial charge >= 0.3 is 5.97 Å². The van der Waals surface area contributed by atoms with E-state index in [1.54, 1.807) is 12.3 Å². The molecule has 0 saturated carbocycles. The summed E-state index contributed by atoms with van der Waals surface area (Å²) in [5.41, 5.74) is 2.69. The first kappa shape index (κ1) is 12.8. The summed E-state index contributed by atoms with van der Waals surface area (Å²) in [5.74, 6) is -0.942. The smallest absolute Gasteiger partial charge is 0.336 e. The fraction of sp³-hybridized carbons (Fsp3) is 0. The molecule has 4 heteroatoms. The SMILES string of the molecule is O=C(O)c1cc(Br)ccc1-c1cccc2ncccc12. The van der Waals surface area contributed by atoms with Gasteiger partial charge < -0.3 is 5.11 Å². The molecule has 0 amide bonds. The maximum Gasteiger partial charge on any atom is 0.336 e. The molecule has 0 spiro atoms. The van der Waals surface area contributed by atoms with Crippen molar-refractivity contribution in [1.82, 2.24) is 4.98 Å². The Kier molecular flexibility index (Phi) is 3.24. The Morgan fingerprint density at radius 2 is 1.90 bits per heavy atom. The number of pyridine rings is 1. The third-order valence-corrected chi connectivity index (χ3v) is 3.64. The molecule has 0 aliphatic heterocycles. The van der Waals surface area contributed by atoms with Gasteiger partial charge in [0, 0.05) is 16.1 Å². The number of carbonyl (C=O) groups is 1. The summed E-state index contributed by atoms with van der Waals surface area (Å²) < 4.78 is 0.747. The van der Waals surface area contributed by atoms with Gasteiger partial charge in [0.25, 0.3) is 0 Å². The van der Waals surface area contributed by atoms with Crippen molar-refractivity contribution in [3.05, 3.63) is 64.8 Å². The lowest BCUT2D eigenvalue weighted by molar-refractivity contribution is 0.0697. The van der Waals surface area contributed by atoms with E-state index in [0.29, 0.717) is 5.56 Å². The summed E-state index contributed by atoms with van der Waals surface area (Å²) in [7, 11) is 0. The molecule has 0 unspecified atom stereocenters. The number of carboxylic acid groups (broad SMARTS) is 1. The Hall–Kier alpha value is -2.20. The molecule has 0 saturated heterocycles. The van der Waals surface area contributed by atoms with Gasteiger partial charge in [0.2, 0.25) is 0 Å². The predicted octanol–water partition coefficient (Wildman–Crippen LogP) is 4.36. The van der Waals surface area contributed by atoms with Gasteiger partial charge in [-0.25, -0.2) is 4.79 Å². The van der Waals surface area contributed by atoms with Crippen LogP contribution in [0.25, 0.3) is 22.0 Å². The molecule has 20 heavy (non-hydrogen) atoms. The van der Waals surface area contributed by atoms with Crippen LogP contribution in [0.1, 0.15) is 10.4 Å². The molecule has 0 atom stereocenters. The summed E-state index contributed by atoms with van der Waals surface area (Å²) in [6.45, 7) is 0. The second-order valence-corrected chi connectivity index (χ2v) is 5.29. The van der Waals surface area contributed by atoms with Crippen molar-refractivity contribution in [2.45, 2.75) is 0 Å². The largest absolute Gasteiger partial charge is 0.478 e. The zero-order valence-corrected chi connectivity index (χ0v) is 12.0. The first-order chi connectivity index (χ1) is 9.66. The summed E-state index contributed by atoms with van der Waals surface area (Å²) >= 11 is 3.31. The number of hydrogen-bond acceptors (Lipinski definition) is 2. The maximum atomic E-state index is 11.4. The van der Waals surface area contributed by atoms with Gasteiger partial charge in [0.05, 0.1) is 11.1 Å². The van der Waals surface area contributed by atoms with E-state index in [1.165, 1.54) is 0 Å². The number of aromatic carboxylic acids is 1. The van der Waals surface area contributed by atoms with Crippen LogP contribution in [0.5, 0.6) is 0 Å². The molecular formula is C16H10BrNO2. The average molecular weight is 328 g/mol. The molecular weight excluding hydrogens is 318 g/mol. The Balaban J connectivity index is 2.34. The fourth-order valence-corrected chi connectivity index (χ4v) is 2.63. The van der Waals surface area contributed by atoms with Crippen LogP contribution in [-0.2, 0) is 0 Å². The highest BCUT2D eigenvalue weighted by Crippen LogP contribution is 2.31. The van der Waals surface area contributed by atoms with Crippen molar-refractivity contribution in [2.24, 2.45) is 0 Å². The Morgan fingerprint density at radius 1 is 1.05 bits per heavy atom. The van der Waals surface area contributed by atoms with Crippen LogP contribution in [0.4, 0.5) is 0 Å². The molecule has 1 N–H and O–H groups in total. The lowest BCUT2D eigenvalue weighted by Crippen LogP contribution is -2.00. The topological polar surface area (TPSA) is 50.2 Å². The maximum absolute atomic E-state index is 11.4. The second kappa shape index (κ2) is 5.06. The van der Waals surface area contributed by atoms with Gasteiger partial charge in [-0.2, -0.15) is 0 Å². The molecule has 3 nitrogen and oxygen atoms in total. The third kappa shape index (κ3) is 2.18. The number of nitrogens with zero attached hydrogens (tertiary/aromatic N) is 1. The van der Waals surface area contributed by atoms with Gasteiger partial charge in [-0.05, 0) is 35.4 Å². The van der Waals surface area contributed by atoms with Crippen LogP contribution in [0, 0.1) is 0 Å². The minimum Gasteiger partial charge on any atom is -0.478 e. The van der Waals surface area contributed by atoms with Crippen LogP contribution in [-0.4, -0.2) is 16.1 Å². The number of benzene rings is 2. The van der Waals surface area contributed by atoms with E-state index in [0.717, 1.165) is 20.9 Å². The lowest BCUT2D eigenvalue weighted by atomic mass is 9.96. The number of fused-ring (bicyclic) bond motifs is 1. The Labute approximate surface area is 124 Å². The molecule has 1 aromatic heterocycles. The zero-order valence-electron chi connectivity index (χ0n) is 10.4. The van der Waals surface area contributed by atoms with Gasteiger partial charge in [0.1, 0.15) is 0 Å². The summed E-state index contributed by atoms with van der Waals surface area (Å²) in [6, 6.07) is 14.8. The van der Waals surface area contributed by atoms with E-state index in [1.807, 2.05) is 42.5 Å². The van der Waals surface area contributed by atoms with Crippen molar-refractivity contribution in [3.8, 4) is 11.1 Å². The number of aromatic nitrogens is 1. The van der Waals surface area contributed by atoms with Crippen molar-refractivity contribution < 1.29 is 9.90 Å². The van der Waals surface area contributed by atoms with Crippen LogP contribution in [0.3, 0.4) is 0 Å².